The summed E-state index contributed by atoms with van der Waals surface area (Å²) in [7, 11) is 1.55. The summed E-state index contributed by atoms with van der Waals surface area (Å²) in [5.41, 5.74) is 1.53. The second kappa shape index (κ2) is 8.19. The Kier molecular flexibility index (Phi) is 6.56. The number of amides is 2. The Hall–Kier alpha value is -2.04. The minimum atomic E-state index is -0.160. The molecule has 0 unspecified atom stereocenters. The highest BCUT2D eigenvalue weighted by Crippen LogP contribution is 2.25. The smallest absolute Gasteiger partial charge is 0.221 e. The van der Waals surface area contributed by atoms with Gasteiger partial charge in [-0.3, -0.25) is 9.59 Å². The van der Waals surface area contributed by atoms with Crippen molar-refractivity contribution in [1.82, 2.24) is 5.32 Å². The van der Waals surface area contributed by atoms with Crippen LogP contribution in [0.3, 0.4) is 0 Å². The quantitative estimate of drug-likeness (QED) is 0.805. The van der Waals surface area contributed by atoms with Crippen LogP contribution in [0.4, 0.5) is 5.69 Å². The van der Waals surface area contributed by atoms with Crippen LogP contribution >= 0.6 is 0 Å². The fourth-order valence-corrected chi connectivity index (χ4v) is 1.78. The monoisotopic (exact) mass is 278 g/mol. The zero-order chi connectivity index (χ0) is 15.0. The van der Waals surface area contributed by atoms with Crippen molar-refractivity contribution >= 4 is 17.5 Å². The molecule has 0 atom stereocenters. The number of benzene rings is 1. The van der Waals surface area contributed by atoms with Crippen LogP contribution in [0.1, 0.15) is 38.7 Å². The van der Waals surface area contributed by atoms with E-state index in [1.165, 1.54) is 6.92 Å². The highest BCUT2D eigenvalue weighted by atomic mass is 16.5. The Morgan fingerprint density at radius 3 is 2.65 bits per heavy atom. The van der Waals surface area contributed by atoms with Crippen molar-refractivity contribution < 1.29 is 14.3 Å². The summed E-state index contributed by atoms with van der Waals surface area (Å²) in [4.78, 5) is 22.7. The third-order valence-corrected chi connectivity index (χ3v) is 2.82. The molecule has 0 bridgehead atoms. The van der Waals surface area contributed by atoms with E-state index in [2.05, 4.69) is 17.6 Å². The van der Waals surface area contributed by atoms with E-state index in [4.69, 9.17) is 4.74 Å². The molecule has 0 aliphatic carbocycles. The average Bonchev–Trinajstić information content (AvgIpc) is 2.42. The fraction of sp³-hybridized carbons (Fsp3) is 0.467. The first-order chi connectivity index (χ1) is 9.56. The van der Waals surface area contributed by atoms with Gasteiger partial charge in [0.15, 0.2) is 0 Å². The Bertz CT molecular complexity index is 472. The number of carbonyl (C=O) groups is 2. The number of anilines is 1. The predicted octanol–water partition coefficient (Wildman–Crippen LogP) is 2.46. The first-order valence-electron chi connectivity index (χ1n) is 6.78. The number of ether oxygens (including phenoxy) is 1. The van der Waals surface area contributed by atoms with Crippen molar-refractivity contribution in [3.05, 3.63) is 23.8 Å². The molecule has 0 aliphatic rings. The minimum Gasteiger partial charge on any atom is -0.495 e. The lowest BCUT2D eigenvalue weighted by Gasteiger charge is -2.11. The summed E-state index contributed by atoms with van der Waals surface area (Å²) in [6, 6.07) is 5.45. The Labute approximate surface area is 119 Å². The van der Waals surface area contributed by atoms with E-state index in [0.29, 0.717) is 24.4 Å². The summed E-state index contributed by atoms with van der Waals surface area (Å²) in [6.45, 7) is 3.94. The van der Waals surface area contributed by atoms with Crippen LogP contribution in [0.5, 0.6) is 5.75 Å². The molecule has 1 rings (SSSR count). The summed E-state index contributed by atoms with van der Waals surface area (Å²) in [5, 5.41) is 5.57. The van der Waals surface area contributed by atoms with Gasteiger partial charge in [0.1, 0.15) is 5.75 Å². The highest BCUT2D eigenvalue weighted by Gasteiger charge is 2.07. The average molecular weight is 278 g/mol. The van der Waals surface area contributed by atoms with Gasteiger partial charge in [0.2, 0.25) is 11.8 Å². The standard InChI is InChI=1S/C15H22N2O3/c1-4-5-6-15(19)16-10-12-7-8-14(20-3)13(9-12)17-11(2)18/h7-9H,4-6,10H2,1-3H3,(H,16,19)(H,17,18). The van der Waals surface area contributed by atoms with Gasteiger partial charge in [0.25, 0.3) is 0 Å². The zero-order valence-electron chi connectivity index (χ0n) is 12.3. The molecule has 20 heavy (non-hydrogen) atoms. The van der Waals surface area contributed by atoms with Crippen LogP contribution in [-0.2, 0) is 16.1 Å². The van der Waals surface area contributed by atoms with E-state index >= 15 is 0 Å². The molecule has 0 saturated heterocycles. The van der Waals surface area contributed by atoms with Gasteiger partial charge in [-0.15, -0.1) is 0 Å². The van der Waals surface area contributed by atoms with E-state index in [0.717, 1.165) is 18.4 Å². The molecule has 0 saturated carbocycles. The van der Waals surface area contributed by atoms with Crippen LogP contribution in [0.25, 0.3) is 0 Å². The summed E-state index contributed by atoms with van der Waals surface area (Å²) in [6.07, 6.45) is 2.44. The predicted molar refractivity (Wildman–Crippen MR) is 78.7 cm³/mol. The van der Waals surface area contributed by atoms with Gasteiger partial charge >= 0.3 is 0 Å². The molecule has 0 radical (unpaired) electrons. The molecule has 5 nitrogen and oxygen atoms in total. The van der Waals surface area contributed by atoms with Crippen molar-refractivity contribution in [2.24, 2.45) is 0 Å². The van der Waals surface area contributed by atoms with Crippen molar-refractivity contribution in [3.63, 3.8) is 0 Å². The molecule has 0 spiro atoms. The Balaban J connectivity index is 2.66. The lowest BCUT2D eigenvalue weighted by Crippen LogP contribution is -2.22. The van der Waals surface area contributed by atoms with E-state index in [-0.39, 0.29) is 11.8 Å². The second-order valence-corrected chi connectivity index (χ2v) is 4.60. The molecule has 0 fully saturated rings. The maximum Gasteiger partial charge on any atom is 0.221 e. The van der Waals surface area contributed by atoms with Gasteiger partial charge in [0, 0.05) is 19.9 Å². The molecule has 1 aromatic rings. The third-order valence-electron chi connectivity index (χ3n) is 2.82. The maximum absolute atomic E-state index is 11.6. The maximum atomic E-state index is 11.6. The molecule has 0 aromatic heterocycles. The first kappa shape index (κ1) is 16.0. The van der Waals surface area contributed by atoms with Crippen molar-refractivity contribution in [2.45, 2.75) is 39.7 Å². The molecule has 110 valence electrons. The van der Waals surface area contributed by atoms with E-state index < -0.39 is 0 Å². The molecular formula is C15H22N2O3. The van der Waals surface area contributed by atoms with Crippen molar-refractivity contribution in [3.8, 4) is 5.75 Å². The van der Waals surface area contributed by atoms with Gasteiger partial charge in [0.05, 0.1) is 12.8 Å². The SMILES string of the molecule is CCCCC(=O)NCc1ccc(OC)c(NC(C)=O)c1. The van der Waals surface area contributed by atoms with E-state index in [1.807, 2.05) is 6.07 Å². The van der Waals surface area contributed by atoms with Gasteiger partial charge in [-0.05, 0) is 24.1 Å². The van der Waals surface area contributed by atoms with Gasteiger partial charge in [-0.1, -0.05) is 19.4 Å². The number of hydrogen-bond donors (Lipinski definition) is 2. The highest BCUT2D eigenvalue weighted by molar-refractivity contribution is 5.90. The molecule has 1 aromatic carbocycles. The lowest BCUT2D eigenvalue weighted by molar-refractivity contribution is -0.121. The number of unbranched alkanes of at least 4 members (excludes halogenated alkanes) is 1. The first-order valence-corrected chi connectivity index (χ1v) is 6.78. The van der Waals surface area contributed by atoms with E-state index in [1.54, 1.807) is 19.2 Å². The second-order valence-electron chi connectivity index (χ2n) is 4.60. The molecule has 2 N–H and O–H groups in total. The number of hydrogen-bond acceptors (Lipinski definition) is 3. The number of nitrogens with one attached hydrogen (secondary N) is 2. The minimum absolute atomic E-state index is 0.0451. The van der Waals surface area contributed by atoms with Crippen LogP contribution < -0.4 is 15.4 Å². The number of carbonyl (C=O) groups excluding carboxylic acids is 2. The number of rotatable bonds is 7. The van der Waals surface area contributed by atoms with Crippen LogP contribution in [0.15, 0.2) is 18.2 Å². The molecule has 0 heterocycles. The van der Waals surface area contributed by atoms with Crippen molar-refractivity contribution in [2.75, 3.05) is 12.4 Å². The molecule has 0 aliphatic heterocycles. The third kappa shape index (κ3) is 5.30. The normalized spacial score (nSPS) is 9.95. The van der Waals surface area contributed by atoms with Gasteiger partial charge in [-0.25, -0.2) is 0 Å². The Morgan fingerprint density at radius 1 is 1.30 bits per heavy atom. The summed E-state index contributed by atoms with van der Waals surface area (Å²) in [5.74, 6) is 0.484. The lowest BCUT2D eigenvalue weighted by atomic mass is 10.1. The van der Waals surface area contributed by atoms with Gasteiger partial charge in [-0.2, -0.15) is 0 Å². The molecular weight excluding hydrogens is 256 g/mol. The molecule has 2 amide bonds. The van der Waals surface area contributed by atoms with E-state index in [9.17, 15) is 9.59 Å². The topological polar surface area (TPSA) is 67.4 Å². The van der Waals surface area contributed by atoms with Crippen LogP contribution in [0, 0.1) is 0 Å². The Morgan fingerprint density at radius 2 is 2.05 bits per heavy atom. The fourth-order valence-electron chi connectivity index (χ4n) is 1.78. The number of methoxy groups -OCH3 is 1. The van der Waals surface area contributed by atoms with Crippen LogP contribution in [-0.4, -0.2) is 18.9 Å². The van der Waals surface area contributed by atoms with Crippen LogP contribution in [0.2, 0.25) is 0 Å². The van der Waals surface area contributed by atoms with Gasteiger partial charge < -0.3 is 15.4 Å². The summed E-state index contributed by atoms with van der Waals surface area (Å²) >= 11 is 0. The largest absolute Gasteiger partial charge is 0.495 e. The summed E-state index contributed by atoms with van der Waals surface area (Å²) < 4.78 is 5.18. The zero-order valence-corrected chi connectivity index (χ0v) is 12.3. The molecule has 5 heteroatoms. The van der Waals surface area contributed by atoms with Crippen molar-refractivity contribution in [1.29, 1.82) is 0 Å².